The fraction of sp³-hybridized carbons (Fsp3) is 0.250. The molecule has 152 valence electrons. The zero-order valence-corrected chi connectivity index (χ0v) is 18.1. The van der Waals surface area contributed by atoms with Gasteiger partial charge in [0.2, 0.25) is 5.91 Å². The molecule has 1 aliphatic rings. The molecule has 1 aliphatic heterocycles. The second-order valence-corrected chi connectivity index (χ2v) is 9.55. The van der Waals surface area contributed by atoms with Crippen molar-refractivity contribution in [3.05, 3.63) is 58.7 Å². The van der Waals surface area contributed by atoms with E-state index in [1.54, 1.807) is 45.0 Å². The van der Waals surface area contributed by atoms with Gasteiger partial charge in [-0.15, -0.1) is 5.10 Å². The zero-order valence-electron chi connectivity index (χ0n) is 16.5. The average Bonchev–Trinajstić information content (AvgIpc) is 2.91. The summed E-state index contributed by atoms with van der Waals surface area (Å²) in [5.41, 5.74) is 2.88. The van der Waals surface area contributed by atoms with E-state index < -0.39 is 10.1 Å². The standard InChI is InChI=1S/C20H21N3O4S2/c1-12-8-13(2)18(14(3)9-12)29(25,26)27-17-7-5-6-16(10-17)11-21-23-20-22-19(24)15(4)28-20/h5-11,15H,1-4H3,(H,22,23,24)/b21-11-/t15-/m1/s1. The van der Waals surface area contributed by atoms with Gasteiger partial charge in [0.05, 0.1) is 11.5 Å². The fourth-order valence-corrected chi connectivity index (χ4v) is 5.13. The fourth-order valence-electron chi connectivity index (χ4n) is 3.03. The Bertz CT molecular complexity index is 1100. The second-order valence-electron chi connectivity index (χ2n) is 6.74. The predicted molar refractivity (Wildman–Crippen MR) is 115 cm³/mol. The van der Waals surface area contributed by atoms with E-state index in [0.29, 0.717) is 21.9 Å². The molecule has 0 spiro atoms. The van der Waals surface area contributed by atoms with Crippen LogP contribution in [0.5, 0.6) is 5.75 Å². The van der Waals surface area contributed by atoms with Crippen LogP contribution < -0.4 is 9.50 Å². The Morgan fingerprint density at radius 1 is 1.14 bits per heavy atom. The Hall–Kier alpha value is -2.65. The monoisotopic (exact) mass is 431 g/mol. The molecule has 0 saturated carbocycles. The van der Waals surface area contributed by atoms with Gasteiger partial charge in [-0.1, -0.05) is 41.6 Å². The number of amides is 1. The van der Waals surface area contributed by atoms with Gasteiger partial charge in [-0.05, 0) is 56.5 Å². The van der Waals surface area contributed by atoms with Gasteiger partial charge in [0.25, 0.3) is 0 Å². The largest absolute Gasteiger partial charge is 0.379 e. The van der Waals surface area contributed by atoms with E-state index >= 15 is 0 Å². The van der Waals surface area contributed by atoms with Gasteiger partial charge in [-0.2, -0.15) is 13.5 Å². The van der Waals surface area contributed by atoms with E-state index in [4.69, 9.17) is 4.18 Å². The van der Waals surface area contributed by atoms with E-state index in [1.165, 1.54) is 18.0 Å². The smallest absolute Gasteiger partial charge is 0.339 e. The third-order valence-corrected chi connectivity index (χ3v) is 6.69. The Labute approximate surface area is 174 Å². The van der Waals surface area contributed by atoms with Crippen molar-refractivity contribution in [1.82, 2.24) is 5.32 Å². The molecule has 0 aliphatic carbocycles. The van der Waals surface area contributed by atoms with E-state index in [0.717, 1.165) is 5.56 Å². The number of carbonyl (C=O) groups is 1. The molecule has 0 aromatic heterocycles. The first-order valence-electron chi connectivity index (χ1n) is 8.86. The minimum atomic E-state index is -3.98. The highest BCUT2D eigenvalue weighted by atomic mass is 32.2. The van der Waals surface area contributed by atoms with Crippen LogP contribution in [0.25, 0.3) is 0 Å². The Kier molecular flexibility index (Phi) is 6.09. The lowest BCUT2D eigenvalue weighted by Crippen LogP contribution is -2.23. The van der Waals surface area contributed by atoms with Crippen LogP contribution in [0.1, 0.15) is 29.2 Å². The normalized spacial score (nSPS) is 18.4. The van der Waals surface area contributed by atoms with Crippen molar-refractivity contribution in [1.29, 1.82) is 0 Å². The number of nitrogens with one attached hydrogen (secondary N) is 1. The van der Waals surface area contributed by atoms with Gasteiger partial charge in [-0.3, -0.25) is 4.79 Å². The van der Waals surface area contributed by atoms with Crippen LogP contribution in [0.15, 0.2) is 51.5 Å². The molecule has 1 saturated heterocycles. The van der Waals surface area contributed by atoms with E-state index in [9.17, 15) is 13.2 Å². The van der Waals surface area contributed by atoms with Crippen LogP contribution in [-0.2, 0) is 14.9 Å². The van der Waals surface area contributed by atoms with Crippen LogP contribution in [0.4, 0.5) is 0 Å². The lowest BCUT2D eigenvalue weighted by atomic mass is 10.1. The van der Waals surface area contributed by atoms with Crippen LogP contribution in [-0.4, -0.2) is 31.0 Å². The highest BCUT2D eigenvalue weighted by Gasteiger charge is 2.25. The van der Waals surface area contributed by atoms with Gasteiger partial charge in [0.15, 0.2) is 5.17 Å². The summed E-state index contributed by atoms with van der Waals surface area (Å²) in [5.74, 6) is 0.0735. The van der Waals surface area contributed by atoms with Crippen molar-refractivity contribution in [2.75, 3.05) is 0 Å². The first-order chi connectivity index (χ1) is 13.7. The summed E-state index contributed by atoms with van der Waals surface area (Å²) < 4.78 is 30.9. The minimum absolute atomic E-state index is 0.105. The first-order valence-corrected chi connectivity index (χ1v) is 11.2. The van der Waals surface area contributed by atoms with E-state index in [2.05, 4.69) is 15.5 Å². The summed E-state index contributed by atoms with van der Waals surface area (Å²) >= 11 is 1.29. The molecule has 1 fully saturated rings. The van der Waals surface area contributed by atoms with Gasteiger partial charge in [0, 0.05) is 0 Å². The molecule has 3 rings (SSSR count). The number of carbonyl (C=O) groups excluding carboxylic acids is 1. The molecule has 1 atom stereocenters. The molecule has 9 heteroatoms. The molecule has 1 N–H and O–H groups in total. The Balaban J connectivity index is 1.79. The molecule has 1 heterocycles. The summed E-state index contributed by atoms with van der Waals surface area (Å²) in [5, 5.41) is 10.8. The molecular formula is C20H21N3O4S2. The zero-order chi connectivity index (χ0) is 21.2. The molecule has 1 amide bonds. The highest BCUT2D eigenvalue weighted by Crippen LogP contribution is 2.26. The van der Waals surface area contributed by atoms with Gasteiger partial charge in [0.1, 0.15) is 10.6 Å². The van der Waals surface area contributed by atoms with Crippen molar-refractivity contribution in [2.24, 2.45) is 10.2 Å². The molecule has 2 aromatic rings. The number of aryl methyl sites for hydroxylation is 3. The topological polar surface area (TPSA) is 97.2 Å². The molecule has 7 nitrogen and oxygen atoms in total. The van der Waals surface area contributed by atoms with E-state index in [1.807, 2.05) is 19.1 Å². The highest BCUT2D eigenvalue weighted by molar-refractivity contribution is 8.15. The summed E-state index contributed by atoms with van der Waals surface area (Å²) in [6, 6.07) is 10.2. The summed E-state index contributed by atoms with van der Waals surface area (Å²) in [6.45, 7) is 7.20. The number of thioether (sulfide) groups is 1. The van der Waals surface area contributed by atoms with E-state index in [-0.39, 0.29) is 21.8 Å². The van der Waals surface area contributed by atoms with Crippen molar-refractivity contribution < 1.29 is 17.4 Å². The maximum absolute atomic E-state index is 12.8. The average molecular weight is 432 g/mol. The van der Waals surface area contributed by atoms with Gasteiger partial charge in [-0.25, -0.2) is 0 Å². The second kappa shape index (κ2) is 8.38. The summed E-state index contributed by atoms with van der Waals surface area (Å²) in [4.78, 5) is 11.6. The lowest BCUT2D eigenvalue weighted by Gasteiger charge is -2.13. The SMILES string of the molecule is Cc1cc(C)c(S(=O)(=O)Oc2cccc(/C=N\N=C3/NC(=O)[C@@H](C)S3)c2)c(C)c1. The maximum Gasteiger partial charge on any atom is 0.339 e. The predicted octanol–water partition coefficient (Wildman–Crippen LogP) is 3.32. The maximum atomic E-state index is 12.8. The van der Waals surface area contributed by atoms with Crippen molar-refractivity contribution in [3.63, 3.8) is 0 Å². The number of nitrogens with zero attached hydrogens (tertiary/aromatic N) is 2. The quantitative estimate of drug-likeness (QED) is 0.445. The molecule has 2 aromatic carbocycles. The molecular weight excluding hydrogens is 410 g/mol. The molecule has 0 bridgehead atoms. The van der Waals surface area contributed by atoms with Gasteiger partial charge >= 0.3 is 10.1 Å². The number of amidine groups is 1. The third kappa shape index (κ3) is 5.04. The number of benzene rings is 2. The number of hydrogen-bond acceptors (Lipinski definition) is 7. The molecule has 29 heavy (non-hydrogen) atoms. The first kappa shape index (κ1) is 21.1. The summed E-state index contributed by atoms with van der Waals surface area (Å²) in [6.07, 6.45) is 1.46. The van der Waals surface area contributed by atoms with Crippen molar-refractivity contribution in [2.45, 2.75) is 37.8 Å². The number of rotatable bonds is 5. The minimum Gasteiger partial charge on any atom is -0.379 e. The van der Waals surface area contributed by atoms with Crippen LogP contribution in [0.2, 0.25) is 0 Å². The summed E-state index contributed by atoms with van der Waals surface area (Å²) in [7, 11) is -3.98. The van der Waals surface area contributed by atoms with Crippen LogP contribution in [0, 0.1) is 20.8 Å². The van der Waals surface area contributed by atoms with Gasteiger partial charge < -0.3 is 9.50 Å². The number of hydrogen-bond donors (Lipinski definition) is 1. The van der Waals surface area contributed by atoms with Crippen LogP contribution in [0.3, 0.4) is 0 Å². The Morgan fingerprint density at radius 2 is 1.83 bits per heavy atom. The lowest BCUT2D eigenvalue weighted by molar-refractivity contribution is -0.118. The van der Waals surface area contributed by atoms with Crippen molar-refractivity contribution in [3.8, 4) is 5.75 Å². The Morgan fingerprint density at radius 3 is 2.45 bits per heavy atom. The third-order valence-electron chi connectivity index (χ3n) is 4.16. The molecule has 0 radical (unpaired) electrons. The molecule has 0 unspecified atom stereocenters. The van der Waals surface area contributed by atoms with Crippen LogP contribution >= 0.6 is 11.8 Å². The van der Waals surface area contributed by atoms with Crippen molar-refractivity contribution >= 4 is 39.2 Å².